The SMILES string of the molecule is COc1ccc(C(OC[C@@H]2O[C@H](n3cnc4c(NC(=O)c5ccccc5)ncnc43)C[C@H]2O)(c2ccccc2)c2ccc(OC)cc2)cc1. The van der Waals surface area contributed by atoms with Gasteiger partial charge >= 0.3 is 0 Å². The van der Waals surface area contributed by atoms with E-state index in [-0.39, 0.29) is 24.8 Å². The second-order valence-electron chi connectivity index (χ2n) is 11.6. The molecule has 0 saturated carbocycles. The predicted octanol–water partition coefficient (Wildman–Crippen LogP) is 5.75. The third kappa shape index (κ3) is 6.22. The lowest BCUT2D eigenvalue weighted by atomic mass is 9.80. The van der Waals surface area contributed by atoms with E-state index in [1.807, 2.05) is 84.9 Å². The van der Waals surface area contributed by atoms with Crippen LogP contribution in [-0.4, -0.2) is 63.6 Å². The van der Waals surface area contributed by atoms with Crippen molar-refractivity contribution in [3.05, 3.63) is 144 Å². The summed E-state index contributed by atoms with van der Waals surface area (Å²) in [6.45, 7) is 0.0601. The van der Waals surface area contributed by atoms with Crippen molar-refractivity contribution in [3.63, 3.8) is 0 Å². The zero-order valence-electron chi connectivity index (χ0n) is 27.0. The quantitative estimate of drug-likeness (QED) is 0.167. The number of carbonyl (C=O) groups excluding carboxylic acids is 1. The molecule has 0 unspecified atom stereocenters. The fourth-order valence-corrected chi connectivity index (χ4v) is 6.24. The lowest BCUT2D eigenvalue weighted by Gasteiger charge is -2.37. The standard InChI is InChI=1S/C38H35N5O6/c1-46-29-17-13-27(14-18-29)38(26-11-7-4-8-12-26,28-15-19-30(47-2)20-16-28)48-22-32-31(44)21-33(49-32)43-24-41-34-35(39-23-40-36(34)43)42-37(45)25-9-5-3-6-10-25/h3-20,23-24,31-33,44H,21-22H2,1-2H3,(H,39,40,42,45)/t31-,32+,33+/m1/s1. The van der Waals surface area contributed by atoms with Gasteiger partial charge in [-0.3, -0.25) is 9.36 Å². The van der Waals surface area contributed by atoms with Crippen molar-refractivity contribution in [2.24, 2.45) is 0 Å². The van der Waals surface area contributed by atoms with Crippen LogP contribution >= 0.6 is 0 Å². The molecule has 1 saturated heterocycles. The minimum Gasteiger partial charge on any atom is -0.497 e. The molecular weight excluding hydrogens is 622 g/mol. The maximum absolute atomic E-state index is 12.8. The first-order valence-electron chi connectivity index (χ1n) is 15.9. The molecule has 6 aromatic rings. The summed E-state index contributed by atoms with van der Waals surface area (Å²) in [5.41, 5.74) is 2.94. The number of anilines is 1. The molecule has 3 atom stereocenters. The molecule has 4 aromatic carbocycles. The van der Waals surface area contributed by atoms with E-state index < -0.39 is 24.0 Å². The molecule has 3 heterocycles. The summed E-state index contributed by atoms with van der Waals surface area (Å²) in [4.78, 5) is 26.0. The maximum atomic E-state index is 12.8. The fraction of sp³-hybridized carbons (Fsp3) is 0.211. The predicted molar refractivity (Wildman–Crippen MR) is 183 cm³/mol. The Kier molecular flexibility index (Phi) is 9.03. The summed E-state index contributed by atoms with van der Waals surface area (Å²) in [5.74, 6) is 1.41. The van der Waals surface area contributed by atoms with Gasteiger partial charge in [-0.15, -0.1) is 0 Å². The van der Waals surface area contributed by atoms with Gasteiger partial charge in [-0.05, 0) is 53.1 Å². The summed E-state index contributed by atoms with van der Waals surface area (Å²) in [7, 11) is 3.26. The van der Waals surface area contributed by atoms with Gasteiger partial charge in [0.25, 0.3) is 5.91 Å². The van der Waals surface area contributed by atoms with Crippen LogP contribution in [0, 0.1) is 0 Å². The number of hydrogen-bond acceptors (Lipinski definition) is 9. The highest BCUT2D eigenvalue weighted by Gasteiger charge is 2.42. The third-order valence-electron chi connectivity index (χ3n) is 8.78. The first kappa shape index (κ1) is 32.0. The summed E-state index contributed by atoms with van der Waals surface area (Å²) >= 11 is 0. The monoisotopic (exact) mass is 657 g/mol. The number of nitrogens with one attached hydrogen (secondary N) is 1. The number of imidazole rings is 1. The zero-order chi connectivity index (χ0) is 33.8. The fourth-order valence-electron chi connectivity index (χ4n) is 6.24. The number of amides is 1. The summed E-state index contributed by atoms with van der Waals surface area (Å²) in [5, 5.41) is 14.1. The van der Waals surface area contributed by atoms with Crippen LogP contribution in [-0.2, 0) is 15.1 Å². The first-order chi connectivity index (χ1) is 24.0. The van der Waals surface area contributed by atoms with E-state index in [2.05, 4.69) is 20.3 Å². The summed E-state index contributed by atoms with van der Waals surface area (Å²) in [6.07, 6.45) is 1.11. The molecule has 0 radical (unpaired) electrons. The number of aliphatic hydroxyl groups is 1. The average molecular weight is 658 g/mol. The molecule has 0 spiro atoms. The first-order valence-corrected chi connectivity index (χ1v) is 15.9. The van der Waals surface area contributed by atoms with Crippen LogP contribution in [0.5, 0.6) is 11.5 Å². The number of hydrogen-bond donors (Lipinski definition) is 2. The molecule has 1 aliphatic rings. The molecule has 0 bridgehead atoms. The van der Waals surface area contributed by atoms with Gasteiger partial charge in [0.15, 0.2) is 17.0 Å². The number of fused-ring (bicyclic) bond motifs is 1. The number of ether oxygens (including phenoxy) is 4. The van der Waals surface area contributed by atoms with Crippen molar-refractivity contribution in [1.29, 1.82) is 0 Å². The van der Waals surface area contributed by atoms with E-state index in [1.54, 1.807) is 49.4 Å². The van der Waals surface area contributed by atoms with Crippen LogP contribution in [0.15, 0.2) is 122 Å². The van der Waals surface area contributed by atoms with Crippen molar-refractivity contribution >= 4 is 22.9 Å². The Morgan fingerprint density at radius 1 is 0.837 bits per heavy atom. The number of aromatic nitrogens is 4. The average Bonchev–Trinajstić information content (AvgIpc) is 3.76. The second kappa shape index (κ2) is 13.9. The highest BCUT2D eigenvalue weighted by atomic mass is 16.6. The minimum absolute atomic E-state index is 0.0601. The Balaban J connectivity index is 1.18. The van der Waals surface area contributed by atoms with E-state index in [0.717, 1.165) is 28.2 Å². The molecule has 1 aliphatic heterocycles. The van der Waals surface area contributed by atoms with Gasteiger partial charge in [0.05, 0.1) is 33.3 Å². The molecule has 0 aliphatic carbocycles. The van der Waals surface area contributed by atoms with Gasteiger partial charge in [0, 0.05) is 12.0 Å². The highest BCUT2D eigenvalue weighted by Crippen LogP contribution is 2.43. The molecule has 1 fully saturated rings. The van der Waals surface area contributed by atoms with E-state index in [1.165, 1.54) is 6.33 Å². The molecular formula is C38H35N5O6. The van der Waals surface area contributed by atoms with Gasteiger partial charge in [-0.25, -0.2) is 15.0 Å². The van der Waals surface area contributed by atoms with E-state index in [9.17, 15) is 9.90 Å². The normalized spacial score (nSPS) is 17.6. The molecule has 11 heteroatoms. The van der Waals surface area contributed by atoms with E-state index in [4.69, 9.17) is 18.9 Å². The highest BCUT2D eigenvalue weighted by molar-refractivity contribution is 6.06. The van der Waals surface area contributed by atoms with Crippen molar-refractivity contribution < 1.29 is 28.8 Å². The number of carbonyl (C=O) groups is 1. The van der Waals surface area contributed by atoms with Crippen LogP contribution in [0.4, 0.5) is 5.82 Å². The number of nitrogens with zero attached hydrogens (tertiary/aromatic N) is 4. The number of benzene rings is 4. The number of aliphatic hydroxyl groups excluding tert-OH is 1. The molecule has 248 valence electrons. The summed E-state index contributed by atoms with van der Waals surface area (Å²) in [6, 6.07) is 34.4. The van der Waals surface area contributed by atoms with Gasteiger partial charge in [-0.2, -0.15) is 0 Å². The second-order valence-corrected chi connectivity index (χ2v) is 11.6. The van der Waals surface area contributed by atoms with Crippen LogP contribution < -0.4 is 14.8 Å². The maximum Gasteiger partial charge on any atom is 0.256 e. The van der Waals surface area contributed by atoms with E-state index in [0.29, 0.717) is 16.7 Å². The van der Waals surface area contributed by atoms with Crippen LogP contribution in [0.2, 0.25) is 0 Å². The topological polar surface area (TPSA) is 130 Å². The molecule has 11 nitrogen and oxygen atoms in total. The lowest BCUT2D eigenvalue weighted by molar-refractivity contribution is -0.0931. The Morgan fingerprint density at radius 3 is 2.04 bits per heavy atom. The van der Waals surface area contributed by atoms with Crippen LogP contribution in [0.1, 0.15) is 39.7 Å². The van der Waals surface area contributed by atoms with Crippen LogP contribution in [0.3, 0.4) is 0 Å². The molecule has 2 aromatic heterocycles. The van der Waals surface area contributed by atoms with Gasteiger partial charge in [0.2, 0.25) is 0 Å². The van der Waals surface area contributed by atoms with Crippen molar-refractivity contribution in [1.82, 2.24) is 19.5 Å². The zero-order valence-corrected chi connectivity index (χ0v) is 27.0. The largest absolute Gasteiger partial charge is 0.497 e. The number of methoxy groups -OCH3 is 2. The molecule has 49 heavy (non-hydrogen) atoms. The van der Waals surface area contributed by atoms with Crippen molar-refractivity contribution in [2.45, 2.75) is 30.5 Å². The Morgan fingerprint density at radius 2 is 1.43 bits per heavy atom. The van der Waals surface area contributed by atoms with Crippen LogP contribution in [0.25, 0.3) is 11.2 Å². The Hall–Kier alpha value is -5.62. The Bertz CT molecular complexity index is 1970. The minimum atomic E-state index is -1.07. The van der Waals surface area contributed by atoms with Gasteiger partial charge < -0.3 is 29.4 Å². The van der Waals surface area contributed by atoms with Crippen molar-refractivity contribution in [2.75, 3.05) is 26.1 Å². The smallest absolute Gasteiger partial charge is 0.256 e. The molecule has 2 N–H and O–H groups in total. The lowest BCUT2D eigenvalue weighted by Crippen LogP contribution is -2.38. The Labute approximate surface area is 283 Å². The van der Waals surface area contributed by atoms with Gasteiger partial charge in [-0.1, -0.05) is 72.8 Å². The molecule has 7 rings (SSSR count). The summed E-state index contributed by atoms with van der Waals surface area (Å²) < 4.78 is 26.1. The van der Waals surface area contributed by atoms with E-state index >= 15 is 0 Å². The van der Waals surface area contributed by atoms with Gasteiger partial charge in [0.1, 0.15) is 35.8 Å². The number of rotatable bonds is 11. The van der Waals surface area contributed by atoms with Crippen molar-refractivity contribution in [3.8, 4) is 11.5 Å². The molecule has 1 amide bonds. The third-order valence-corrected chi connectivity index (χ3v) is 8.78.